The Morgan fingerprint density at radius 3 is 2.35 bits per heavy atom. The van der Waals surface area contributed by atoms with Crippen molar-refractivity contribution in [3.8, 4) is 17.6 Å². The molecule has 2 aromatic heterocycles. The molecule has 4 rings (SSSR count). The number of pyridine rings is 1. The molecule has 6 nitrogen and oxygen atoms in total. The number of para-hydroxylation sites is 2. The van der Waals surface area contributed by atoms with Crippen LogP contribution in [0.2, 0.25) is 0 Å². The van der Waals surface area contributed by atoms with Crippen LogP contribution < -0.4 is 10.1 Å². The summed E-state index contributed by atoms with van der Waals surface area (Å²) in [5.74, 6) is 0.429. The molecule has 0 amide bonds. The highest BCUT2D eigenvalue weighted by Crippen LogP contribution is 2.34. The second-order valence-electron chi connectivity index (χ2n) is 5.71. The van der Waals surface area contributed by atoms with Crippen LogP contribution in [0.15, 0.2) is 66.9 Å². The number of aromatic nitrogens is 3. The molecule has 0 saturated carbocycles. The van der Waals surface area contributed by atoms with Gasteiger partial charge >= 0.3 is 6.01 Å². The molecule has 0 fully saturated rings. The molecule has 0 bridgehead atoms. The second-order valence-corrected chi connectivity index (χ2v) is 5.71. The minimum Gasteiger partial charge on any atom is -0.493 e. The molecular formula is C20H16N4O2. The molecule has 6 heteroatoms. The molecule has 0 aliphatic rings. The maximum Gasteiger partial charge on any atom is 0.325 e. The largest absolute Gasteiger partial charge is 0.493 e. The maximum absolute atomic E-state index is 10.5. The van der Waals surface area contributed by atoms with E-state index in [1.54, 1.807) is 18.3 Å². The monoisotopic (exact) mass is 344 g/mol. The van der Waals surface area contributed by atoms with Gasteiger partial charge in [0.25, 0.3) is 0 Å². The average Bonchev–Trinajstić information content (AvgIpc) is 2.66. The van der Waals surface area contributed by atoms with Gasteiger partial charge in [0.1, 0.15) is 11.3 Å². The zero-order chi connectivity index (χ0) is 17.9. The molecule has 0 aliphatic heterocycles. The number of nitrogens with one attached hydrogen (secondary N) is 1. The first-order valence-electron chi connectivity index (χ1n) is 8.12. The fourth-order valence-corrected chi connectivity index (χ4v) is 2.64. The summed E-state index contributed by atoms with van der Waals surface area (Å²) in [5, 5.41) is 14.3. The number of aryl methyl sites for hydroxylation is 1. The fourth-order valence-electron chi connectivity index (χ4n) is 2.64. The normalized spacial score (nSPS) is 10.7. The average molecular weight is 344 g/mol. The number of hydrogen-bond donors (Lipinski definition) is 2. The lowest BCUT2D eigenvalue weighted by molar-refractivity contribution is 0.412. The van der Waals surface area contributed by atoms with Gasteiger partial charge in [-0.15, -0.1) is 0 Å². The second kappa shape index (κ2) is 6.68. The van der Waals surface area contributed by atoms with Gasteiger partial charge in [-0.1, -0.05) is 36.4 Å². The van der Waals surface area contributed by atoms with Gasteiger partial charge < -0.3 is 15.2 Å². The number of aromatic hydroxyl groups is 1. The summed E-state index contributed by atoms with van der Waals surface area (Å²) >= 11 is 0. The van der Waals surface area contributed by atoms with Gasteiger partial charge in [0.15, 0.2) is 0 Å². The van der Waals surface area contributed by atoms with Crippen molar-refractivity contribution in [1.82, 2.24) is 15.0 Å². The lowest BCUT2D eigenvalue weighted by atomic mass is 10.2. The minimum absolute atomic E-state index is 0.0671. The van der Waals surface area contributed by atoms with E-state index in [4.69, 9.17) is 4.74 Å². The number of ether oxygens (including phenoxy) is 1. The summed E-state index contributed by atoms with van der Waals surface area (Å²) in [4.78, 5) is 12.8. The molecule has 2 N–H and O–H groups in total. The molecule has 4 aromatic rings. The summed E-state index contributed by atoms with van der Waals surface area (Å²) in [6.07, 6.45) is 1.60. The molecule has 128 valence electrons. The smallest absolute Gasteiger partial charge is 0.325 e. The molecule has 2 heterocycles. The van der Waals surface area contributed by atoms with Crippen LogP contribution in [0, 0.1) is 6.92 Å². The van der Waals surface area contributed by atoms with E-state index < -0.39 is 0 Å². The first-order chi connectivity index (χ1) is 12.7. The predicted octanol–water partition coefficient (Wildman–Crippen LogP) is 4.57. The summed E-state index contributed by atoms with van der Waals surface area (Å²) in [7, 11) is 0. The molecule has 0 unspecified atom stereocenters. The third kappa shape index (κ3) is 3.12. The van der Waals surface area contributed by atoms with Crippen LogP contribution in [0.3, 0.4) is 0 Å². The topological polar surface area (TPSA) is 80.2 Å². The summed E-state index contributed by atoms with van der Waals surface area (Å²) in [6.45, 7) is 1.86. The minimum atomic E-state index is -0.162. The van der Waals surface area contributed by atoms with Crippen molar-refractivity contribution in [2.75, 3.05) is 5.32 Å². The van der Waals surface area contributed by atoms with Crippen LogP contribution in [0.5, 0.6) is 17.6 Å². The SMILES string of the molecule is Cc1ncc2nc(Oc3ccccc3)nc(O)c2c1Nc1ccccc1. The van der Waals surface area contributed by atoms with Crippen LogP contribution in [-0.4, -0.2) is 20.1 Å². The maximum atomic E-state index is 10.5. The summed E-state index contributed by atoms with van der Waals surface area (Å²) < 4.78 is 5.63. The van der Waals surface area contributed by atoms with E-state index in [1.807, 2.05) is 55.5 Å². The Hall–Kier alpha value is -3.67. The van der Waals surface area contributed by atoms with E-state index in [1.165, 1.54) is 0 Å². The molecule has 0 atom stereocenters. The van der Waals surface area contributed by atoms with E-state index >= 15 is 0 Å². The number of nitrogens with zero attached hydrogens (tertiary/aromatic N) is 3. The standard InChI is InChI=1S/C20H16N4O2/c1-13-18(22-14-8-4-2-5-9-14)17-16(12-21-13)23-20(24-19(17)25)26-15-10-6-3-7-11-15/h2-12,22H,1H3,(H,23,24,25). The fraction of sp³-hybridized carbons (Fsp3) is 0.0500. The summed E-state index contributed by atoms with van der Waals surface area (Å²) in [5.41, 5.74) is 2.77. The van der Waals surface area contributed by atoms with Crippen molar-refractivity contribution in [2.45, 2.75) is 6.92 Å². The van der Waals surface area contributed by atoms with Gasteiger partial charge in [-0.3, -0.25) is 4.98 Å². The molecule has 0 aliphatic carbocycles. The van der Waals surface area contributed by atoms with E-state index in [-0.39, 0.29) is 11.9 Å². The van der Waals surface area contributed by atoms with E-state index in [9.17, 15) is 5.11 Å². The van der Waals surface area contributed by atoms with Gasteiger partial charge in [0.2, 0.25) is 5.88 Å². The van der Waals surface area contributed by atoms with Crippen molar-refractivity contribution < 1.29 is 9.84 Å². The van der Waals surface area contributed by atoms with Crippen LogP contribution in [0.25, 0.3) is 10.9 Å². The van der Waals surface area contributed by atoms with Gasteiger partial charge in [0, 0.05) is 5.69 Å². The van der Waals surface area contributed by atoms with Crippen molar-refractivity contribution in [3.63, 3.8) is 0 Å². The molecular weight excluding hydrogens is 328 g/mol. The van der Waals surface area contributed by atoms with Crippen molar-refractivity contribution in [2.24, 2.45) is 0 Å². The highest BCUT2D eigenvalue weighted by atomic mass is 16.5. The third-order valence-electron chi connectivity index (χ3n) is 3.89. The Morgan fingerprint density at radius 2 is 1.62 bits per heavy atom. The number of benzene rings is 2. The quantitative estimate of drug-likeness (QED) is 0.564. The third-order valence-corrected chi connectivity index (χ3v) is 3.89. The van der Waals surface area contributed by atoms with Gasteiger partial charge in [-0.2, -0.15) is 9.97 Å². The van der Waals surface area contributed by atoms with E-state index in [0.29, 0.717) is 22.3 Å². The Labute approximate surface area is 150 Å². The Morgan fingerprint density at radius 1 is 0.923 bits per heavy atom. The zero-order valence-corrected chi connectivity index (χ0v) is 14.0. The van der Waals surface area contributed by atoms with Crippen LogP contribution in [0.4, 0.5) is 11.4 Å². The Balaban J connectivity index is 1.77. The lowest BCUT2D eigenvalue weighted by Crippen LogP contribution is -2.00. The molecule has 0 radical (unpaired) electrons. The first kappa shape index (κ1) is 15.8. The van der Waals surface area contributed by atoms with Crippen molar-refractivity contribution in [1.29, 1.82) is 0 Å². The van der Waals surface area contributed by atoms with Gasteiger partial charge in [-0.25, -0.2) is 0 Å². The first-order valence-corrected chi connectivity index (χ1v) is 8.12. The van der Waals surface area contributed by atoms with Gasteiger partial charge in [0.05, 0.1) is 23.0 Å². The van der Waals surface area contributed by atoms with Gasteiger partial charge in [-0.05, 0) is 31.2 Å². The molecule has 26 heavy (non-hydrogen) atoms. The highest BCUT2D eigenvalue weighted by molar-refractivity contribution is 5.97. The van der Waals surface area contributed by atoms with Crippen LogP contribution in [0.1, 0.15) is 5.69 Å². The van der Waals surface area contributed by atoms with Crippen molar-refractivity contribution in [3.05, 3.63) is 72.6 Å². The van der Waals surface area contributed by atoms with Crippen molar-refractivity contribution >= 4 is 22.3 Å². The Kier molecular flexibility index (Phi) is 4.07. The highest BCUT2D eigenvalue weighted by Gasteiger charge is 2.15. The number of rotatable bonds is 4. The van der Waals surface area contributed by atoms with Crippen LogP contribution in [-0.2, 0) is 0 Å². The predicted molar refractivity (Wildman–Crippen MR) is 100.0 cm³/mol. The molecule has 0 spiro atoms. The lowest BCUT2D eigenvalue weighted by Gasteiger charge is -2.13. The summed E-state index contributed by atoms with van der Waals surface area (Å²) in [6, 6.07) is 18.9. The number of hydrogen-bond acceptors (Lipinski definition) is 6. The number of anilines is 2. The Bertz CT molecular complexity index is 1050. The molecule has 2 aromatic carbocycles. The van der Waals surface area contributed by atoms with E-state index in [0.717, 1.165) is 11.4 Å². The molecule has 0 saturated heterocycles. The van der Waals surface area contributed by atoms with Crippen LogP contribution >= 0.6 is 0 Å². The zero-order valence-electron chi connectivity index (χ0n) is 14.0. The number of fused-ring (bicyclic) bond motifs is 1. The van der Waals surface area contributed by atoms with E-state index in [2.05, 4.69) is 20.3 Å².